The number of hydrogen-bond acceptors (Lipinski definition) is 2. The van der Waals surface area contributed by atoms with Gasteiger partial charge in [0.2, 0.25) is 11.8 Å². The summed E-state index contributed by atoms with van der Waals surface area (Å²) in [5.41, 5.74) is 0.870. The Labute approximate surface area is 133 Å². The van der Waals surface area contributed by atoms with Crippen molar-refractivity contribution in [1.82, 2.24) is 9.80 Å². The third-order valence-corrected chi connectivity index (χ3v) is 4.42. The minimum absolute atomic E-state index is 0.0504. The van der Waals surface area contributed by atoms with Crippen molar-refractivity contribution in [3.63, 3.8) is 0 Å². The maximum absolute atomic E-state index is 12.8. The first-order valence-electron chi connectivity index (χ1n) is 7.92. The van der Waals surface area contributed by atoms with Crippen LogP contribution >= 0.6 is 0 Å². The summed E-state index contributed by atoms with van der Waals surface area (Å²) in [5, 5.41) is 0. The fourth-order valence-corrected chi connectivity index (χ4v) is 3.15. The predicted molar refractivity (Wildman–Crippen MR) is 87.4 cm³/mol. The van der Waals surface area contributed by atoms with Crippen molar-refractivity contribution < 1.29 is 9.59 Å². The molecule has 1 heterocycles. The maximum Gasteiger partial charge on any atom is 0.226 e. The summed E-state index contributed by atoms with van der Waals surface area (Å²) >= 11 is 0. The van der Waals surface area contributed by atoms with Crippen molar-refractivity contribution in [1.29, 1.82) is 0 Å². The van der Waals surface area contributed by atoms with Crippen LogP contribution in [-0.2, 0) is 16.0 Å². The van der Waals surface area contributed by atoms with Gasteiger partial charge in [-0.05, 0) is 25.8 Å². The number of rotatable bonds is 3. The smallest absolute Gasteiger partial charge is 0.226 e. The van der Waals surface area contributed by atoms with Crippen molar-refractivity contribution in [2.24, 2.45) is 5.92 Å². The molecule has 0 spiro atoms. The molecule has 4 nitrogen and oxygen atoms in total. The lowest BCUT2D eigenvalue weighted by atomic mass is 9.93. The van der Waals surface area contributed by atoms with Gasteiger partial charge in [0.05, 0.1) is 5.54 Å². The zero-order chi connectivity index (χ0) is 16.3. The molecule has 0 aliphatic carbocycles. The van der Waals surface area contributed by atoms with E-state index in [0.717, 1.165) is 6.42 Å². The monoisotopic (exact) mass is 302 g/mol. The minimum atomic E-state index is -0.314. The van der Waals surface area contributed by atoms with Gasteiger partial charge < -0.3 is 9.80 Å². The van der Waals surface area contributed by atoms with Crippen LogP contribution in [0.1, 0.15) is 33.3 Å². The summed E-state index contributed by atoms with van der Waals surface area (Å²) < 4.78 is 0. The van der Waals surface area contributed by atoms with Gasteiger partial charge in [0.15, 0.2) is 0 Å². The summed E-state index contributed by atoms with van der Waals surface area (Å²) in [4.78, 5) is 28.1. The first-order valence-corrected chi connectivity index (χ1v) is 7.92. The first-order chi connectivity index (χ1) is 10.3. The van der Waals surface area contributed by atoms with E-state index in [0.29, 0.717) is 19.6 Å². The zero-order valence-electron chi connectivity index (χ0n) is 14.0. The Kier molecular flexibility index (Phi) is 4.89. The predicted octanol–water partition coefficient (Wildman–Crippen LogP) is 2.33. The van der Waals surface area contributed by atoms with Gasteiger partial charge in [-0.25, -0.2) is 0 Å². The van der Waals surface area contributed by atoms with Crippen LogP contribution in [0.2, 0.25) is 0 Å². The summed E-state index contributed by atoms with van der Waals surface area (Å²) in [6.07, 6.45) is 0.753. The van der Waals surface area contributed by atoms with E-state index in [2.05, 4.69) is 12.1 Å². The van der Waals surface area contributed by atoms with Crippen LogP contribution in [0.3, 0.4) is 0 Å². The Bertz CT molecular complexity index is 539. The molecule has 0 bridgehead atoms. The Morgan fingerprint density at radius 3 is 2.36 bits per heavy atom. The van der Waals surface area contributed by atoms with E-state index in [1.165, 1.54) is 5.56 Å². The molecule has 1 fully saturated rings. The van der Waals surface area contributed by atoms with Crippen LogP contribution in [0.25, 0.3) is 0 Å². The van der Waals surface area contributed by atoms with Crippen LogP contribution in [0.4, 0.5) is 0 Å². The molecule has 0 radical (unpaired) electrons. The molecule has 0 unspecified atom stereocenters. The molecule has 22 heavy (non-hydrogen) atoms. The van der Waals surface area contributed by atoms with Crippen LogP contribution in [0, 0.1) is 5.92 Å². The van der Waals surface area contributed by atoms with Crippen molar-refractivity contribution in [2.75, 3.05) is 19.6 Å². The molecule has 2 rings (SSSR count). The quantitative estimate of drug-likeness (QED) is 0.860. The van der Waals surface area contributed by atoms with Crippen LogP contribution in [0.5, 0.6) is 0 Å². The molecule has 1 saturated heterocycles. The van der Waals surface area contributed by atoms with Crippen LogP contribution in [0.15, 0.2) is 30.3 Å². The highest BCUT2D eigenvalue weighted by Crippen LogP contribution is 2.24. The summed E-state index contributed by atoms with van der Waals surface area (Å²) in [6, 6.07) is 10.1. The third kappa shape index (κ3) is 3.67. The molecule has 0 saturated carbocycles. The Balaban J connectivity index is 2.04. The van der Waals surface area contributed by atoms with Crippen molar-refractivity contribution in [3.8, 4) is 0 Å². The molecule has 1 aliphatic rings. The number of carbonyl (C=O) groups is 2. The number of carbonyl (C=O) groups excluding carboxylic acids is 2. The second-order valence-corrected chi connectivity index (χ2v) is 6.83. The largest absolute Gasteiger partial charge is 0.339 e. The molecule has 2 amide bonds. The lowest BCUT2D eigenvalue weighted by Crippen LogP contribution is -2.62. The molecule has 0 aromatic heterocycles. The standard InChI is InChI=1S/C18H26N2O2/c1-14(12-16-8-6-5-7-9-16)17(22)20-11-10-19(15(2)21)13-18(20,3)4/h5-9,14H,10-13H2,1-4H3/t14-/m0/s1. The topological polar surface area (TPSA) is 40.6 Å². The van der Waals surface area contributed by atoms with E-state index < -0.39 is 0 Å². The normalized spacial score (nSPS) is 18.9. The van der Waals surface area contributed by atoms with Gasteiger partial charge in [-0.2, -0.15) is 0 Å². The lowest BCUT2D eigenvalue weighted by Gasteiger charge is -2.47. The lowest BCUT2D eigenvalue weighted by molar-refractivity contribution is -0.149. The van der Waals surface area contributed by atoms with Gasteiger partial charge in [0.1, 0.15) is 0 Å². The van der Waals surface area contributed by atoms with Gasteiger partial charge in [-0.15, -0.1) is 0 Å². The van der Waals surface area contributed by atoms with E-state index in [-0.39, 0.29) is 23.3 Å². The van der Waals surface area contributed by atoms with Gasteiger partial charge in [-0.1, -0.05) is 37.3 Å². The molecule has 1 aromatic rings. The number of piperazine rings is 1. The first kappa shape index (κ1) is 16.5. The highest BCUT2D eigenvalue weighted by molar-refractivity contribution is 5.80. The third-order valence-electron chi connectivity index (χ3n) is 4.42. The molecule has 0 N–H and O–H groups in total. The van der Waals surface area contributed by atoms with Crippen molar-refractivity contribution in [3.05, 3.63) is 35.9 Å². The minimum Gasteiger partial charge on any atom is -0.339 e. The highest BCUT2D eigenvalue weighted by atomic mass is 16.2. The van der Waals surface area contributed by atoms with Gasteiger partial charge in [-0.3, -0.25) is 9.59 Å². The van der Waals surface area contributed by atoms with E-state index in [9.17, 15) is 9.59 Å². The van der Waals surface area contributed by atoms with Gasteiger partial charge >= 0.3 is 0 Å². The van der Waals surface area contributed by atoms with Crippen LogP contribution < -0.4 is 0 Å². The molecular formula is C18H26N2O2. The molecule has 120 valence electrons. The molecule has 4 heteroatoms. The summed E-state index contributed by atoms with van der Waals surface area (Å²) in [5.74, 6) is 0.208. The van der Waals surface area contributed by atoms with Gasteiger partial charge in [0.25, 0.3) is 0 Å². The number of nitrogens with zero attached hydrogens (tertiary/aromatic N) is 2. The van der Waals surface area contributed by atoms with Crippen molar-refractivity contribution >= 4 is 11.8 Å². The van der Waals surface area contributed by atoms with Crippen LogP contribution in [-0.4, -0.2) is 46.8 Å². The van der Waals surface area contributed by atoms with E-state index in [1.54, 1.807) is 6.92 Å². The second-order valence-electron chi connectivity index (χ2n) is 6.83. The van der Waals surface area contributed by atoms with E-state index >= 15 is 0 Å². The Hall–Kier alpha value is -1.84. The Morgan fingerprint density at radius 1 is 1.18 bits per heavy atom. The summed E-state index contributed by atoms with van der Waals surface area (Å²) in [7, 11) is 0. The van der Waals surface area contributed by atoms with Crippen molar-refractivity contribution in [2.45, 2.75) is 39.7 Å². The summed E-state index contributed by atoms with van der Waals surface area (Å²) in [6.45, 7) is 9.50. The zero-order valence-corrected chi connectivity index (χ0v) is 14.0. The SMILES string of the molecule is CC(=O)N1CCN(C(=O)[C@@H](C)Cc2ccccc2)C(C)(C)C1. The average Bonchev–Trinajstić information content (AvgIpc) is 2.46. The number of hydrogen-bond donors (Lipinski definition) is 0. The number of amides is 2. The molecule has 1 atom stereocenters. The molecule has 1 aromatic carbocycles. The molecule has 1 aliphatic heterocycles. The van der Waals surface area contributed by atoms with E-state index in [1.807, 2.05) is 48.8 Å². The number of benzene rings is 1. The fourth-order valence-electron chi connectivity index (χ4n) is 3.15. The average molecular weight is 302 g/mol. The van der Waals surface area contributed by atoms with E-state index in [4.69, 9.17) is 0 Å². The maximum atomic E-state index is 12.8. The Morgan fingerprint density at radius 2 is 1.82 bits per heavy atom. The molecular weight excluding hydrogens is 276 g/mol. The highest BCUT2D eigenvalue weighted by Gasteiger charge is 2.38. The second kappa shape index (κ2) is 6.51. The fraction of sp³-hybridized carbons (Fsp3) is 0.556. The van der Waals surface area contributed by atoms with Gasteiger partial charge in [0, 0.05) is 32.5 Å².